The molecule has 0 aliphatic heterocycles. The van der Waals surface area contributed by atoms with E-state index in [1.165, 1.54) is 0 Å². The molecule has 1 atom stereocenters. The minimum atomic E-state index is -0.867. The molecule has 42 heavy (non-hydrogen) atoms. The summed E-state index contributed by atoms with van der Waals surface area (Å²) >= 11 is 0. The summed E-state index contributed by atoms with van der Waals surface area (Å²) in [6.45, 7) is 0.464. The van der Waals surface area contributed by atoms with Crippen LogP contribution >= 0.6 is 0 Å². The molecule has 2 amide bonds. The maximum Gasteiger partial charge on any atom is 0.240 e. The zero-order valence-electron chi connectivity index (χ0n) is 23.4. The van der Waals surface area contributed by atoms with Gasteiger partial charge in [0.05, 0.1) is 5.41 Å². The molecular weight excluding hydrogens is 520 g/mol. The van der Waals surface area contributed by atoms with Crippen LogP contribution in [0.4, 0.5) is 0 Å². The molecule has 0 saturated carbocycles. The minimum absolute atomic E-state index is 0.0983. The van der Waals surface area contributed by atoms with Crippen LogP contribution in [0.2, 0.25) is 0 Å². The lowest BCUT2D eigenvalue weighted by atomic mass is 9.67. The highest BCUT2D eigenvalue weighted by Gasteiger charge is 2.39. The SMILES string of the molecule is NC(=O)[C@@H](Cc1ccc(OCc2ccccc2)cc1)NC(=O)CC(c1ccccc1)(c1ccccc1)c1ccccc1. The standard InChI is InChI=1S/C37H34N2O3/c38-36(41)34(25-28-21-23-33(24-22-28)42-27-29-13-5-1-6-14-29)39-35(40)26-37(30-15-7-2-8-16-30,31-17-9-3-10-18-31)32-19-11-4-12-20-32/h1-24,34H,25-27H2,(H2,38,41)(H,39,40)/t34-/m1/s1. The molecule has 0 aliphatic carbocycles. The number of primary amides is 1. The lowest BCUT2D eigenvalue weighted by Gasteiger charge is -2.36. The molecule has 0 unspecified atom stereocenters. The Morgan fingerprint density at radius 3 is 1.52 bits per heavy atom. The molecule has 0 spiro atoms. The van der Waals surface area contributed by atoms with Crippen LogP contribution in [0, 0.1) is 0 Å². The van der Waals surface area contributed by atoms with Crippen LogP contribution in [0.3, 0.4) is 0 Å². The summed E-state index contributed by atoms with van der Waals surface area (Å²) in [7, 11) is 0. The van der Waals surface area contributed by atoms with Crippen molar-refractivity contribution in [1.82, 2.24) is 5.32 Å². The van der Waals surface area contributed by atoms with Crippen molar-refractivity contribution in [3.8, 4) is 5.75 Å². The minimum Gasteiger partial charge on any atom is -0.489 e. The third-order valence-corrected chi connectivity index (χ3v) is 7.52. The topological polar surface area (TPSA) is 81.4 Å². The van der Waals surface area contributed by atoms with Gasteiger partial charge in [-0.05, 0) is 39.9 Å². The predicted octanol–water partition coefficient (Wildman–Crippen LogP) is 6.20. The normalized spacial score (nSPS) is 11.8. The number of hydrogen-bond donors (Lipinski definition) is 2. The van der Waals surface area contributed by atoms with Gasteiger partial charge in [0.15, 0.2) is 0 Å². The monoisotopic (exact) mass is 554 g/mol. The Hall–Kier alpha value is -5.16. The summed E-state index contributed by atoms with van der Waals surface area (Å²) in [5, 5.41) is 2.95. The second-order valence-electron chi connectivity index (χ2n) is 10.3. The maximum atomic E-state index is 13.8. The van der Waals surface area contributed by atoms with Gasteiger partial charge in [-0.1, -0.05) is 133 Å². The number of carbonyl (C=O) groups is 2. The van der Waals surface area contributed by atoms with Crippen LogP contribution in [-0.2, 0) is 28.0 Å². The van der Waals surface area contributed by atoms with E-state index in [4.69, 9.17) is 10.5 Å². The maximum absolute atomic E-state index is 13.8. The van der Waals surface area contributed by atoms with Crippen LogP contribution < -0.4 is 15.8 Å². The largest absolute Gasteiger partial charge is 0.489 e. The van der Waals surface area contributed by atoms with Gasteiger partial charge in [0.25, 0.3) is 0 Å². The molecular formula is C37H34N2O3. The first-order chi connectivity index (χ1) is 20.5. The van der Waals surface area contributed by atoms with E-state index in [1.807, 2.05) is 146 Å². The summed E-state index contributed by atoms with van der Waals surface area (Å²) in [6, 6.07) is 46.6. The number of amides is 2. The molecule has 0 bridgehead atoms. The van der Waals surface area contributed by atoms with Crippen LogP contribution in [-0.4, -0.2) is 17.9 Å². The molecule has 210 valence electrons. The molecule has 0 heterocycles. The van der Waals surface area contributed by atoms with Crippen molar-refractivity contribution < 1.29 is 14.3 Å². The number of nitrogens with one attached hydrogen (secondary N) is 1. The fraction of sp³-hybridized carbons (Fsp3) is 0.135. The van der Waals surface area contributed by atoms with Crippen molar-refractivity contribution in [2.45, 2.75) is 30.9 Å². The Bertz CT molecular complexity index is 1480. The average molecular weight is 555 g/mol. The molecule has 0 aliphatic rings. The second kappa shape index (κ2) is 13.5. The molecule has 5 heteroatoms. The van der Waals surface area contributed by atoms with Crippen molar-refractivity contribution in [2.24, 2.45) is 5.73 Å². The van der Waals surface area contributed by atoms with Gasteiger partial charge in [0, 0.05) is 12.8 Å². The summed E-state index contributed by atoms with van der Waals surface area (Å²) in [4.78, 5) is 26.3. The van der Waals surface area contributed by atoms with Crippen LogP contribution in [0.25, 0.3) is 0 Å². The fourth-order valence-corrected chi connectivity index (χ4v) is 5.38. The van der Waals surface area contributed by atoms with Crippen molar-refractivity contribution in [3.05, 3.63) is 173 Å². The predicted molar refractivity (Wildman–Crippen MR) is 166 cm³/mol. The van der Waals surface area contributed by atoms with Gasteiger partial charge in [-0.25, -0.2) is 0 Å². The Kier molecular flexibility index (Phi) is 9.10. The first kappa shape index (κ1) is 28.4. The first-order valence-electron chi connectivity index (χ1n) is 14.1. The van der Waals surface area contributed by atoms with E-state index in [9.17, 15) is 9.59 Å². The highest BCUT2D eigenvalue weighted by atomic mass is 16.5. The van der Waals surface area contributed by atoms with E-state index in [0.717, 1.165) is 33.6 Å². The zero-order valence-corrected chi connectivity index (χ0v) is 23.4. The third kappa shape index (κ3) is 6.76. The molecule has 5 rings (SSSR count). The molecule has 5 aromatic rings. The van der Waals surface area contributed by atoms with Gasteiger partial charge in [0.1, 0.15) is 18.4 Å². The van der Waals surface area contributed by atoms with Gasteiger partial charge >= 0.3 is 0 Å². The summed E-state index contributed by atoms with van der Waals surface area (Å²) in [6.07, 6.45) is 0.371. The summed E-state index contributed by atoms with van der Waals surface area (Å²) in [5.74, 6) is -0.128. The number of rotatable bonds is 12. The van der Waals surface area contributed by atoms with Crippen molar-refractivity contribution in [2.75, 3.05) is 0 Å². The number of ether oxygens (including phenoxy) is 1. The first-order valence-corrected chi connectivity index (χ1v) is 14.1. The lowest BCUT2D eigenvalue weighted by molar-refractivity contribution is -0.127. The van der Waals surface area contributed by atoms with E-state index in [1.54, 1.807) is 0 Å². The van der Waals surface area contributed by atoms with Gasteiger partial charge in [0.2, 0.25) is 11.8 Å². The quantitative estimate of drug-likeness (QED) is 0.180. The van der Waals surface area contributed by atoms with E-state index in [2.05, 4.69) is 5.32 Å². The van der Waals surface area contributed by atoms with Crippen LogP contribution in [0.1, 0.15) is 34.2 Å². The van der Waals surface area contributed by atoms with Crippen LogP contribution in [0.15, 0.2) is 146 Å². The lowest BCUT2D eigenvalue weighted by Crippen LogP contribution is -2.48. The Morgan fingerprint density at radius 2 is 1.07 bits per heavy atom. The number of benzene rings is 5. The van der Waals surface area contributed by atoms with Gasteiger partial charge in [-0.15, -0.1) is 0 Å². The van der Waals surface area contributed by atoms with Crippen LogP contribution in [0.5, 0.6) is 5.75 Å². The number of nitrogens with two attached hydrogens (primary N) is 1. The zero-order chi connectivity index (χ0) is 29.2. The number of carbonyl (C=O) groups excluding carboxylic acids is 2. The fourth-order valence-electron chi connectivity index (χ4n) is 5.38. The molecule has 0 radical (unpaired) electrons. The van der Waals surface area contributed by atoms with E-state index >= 15 is 0 Å². The smallest absolute Gasteiger partial charge is 0.240 e. The van der Waals surface area contributed by atoms with Crippen molar-refractivity contribution in [1.29, 1.82) is 0 Å². The molecule has 0 saturated heterocycles. The Labute approximate surface area is 247 Å². The third-order valence-electron chi connectivity index (χ3n) is 7.52. The van der Waals surface area contributed by atoms with E-state index < -0.39 is 17.4 Å². The van der Waals surface area contributed by atoms with Gasteiger partial charge in [-0.3, -0.25) is 9.59 Å². The molecule has 5 nitrogen and oxygen atoms in total. The van der Waals surface area contributed by atoms with Crippen molar-refractivity contribution >= 4 is 11.8 Å². The summed E-state index contributed by atoms with van der Waals surface area (Å²) < 4.78 is 5.88. The van der Waals surface area contributed by atoms with Gasteiger partial charge in [-0.2, -0.15) is 0 Å². The number of hydrogen-bond acceptors (Lipinski definition) is 3. The molecule has 3 N–H and O–H groups in total. The highest BCUT2D eigenvalue weighted by Crippen LogP contribution is 2.42. The van der Waals surface area contributed by atoms with E-state index in [-0.39, 0.29) is 18.7 Å². The Morgan fingerprint density at radius 1 is 0.619 bits per heavy atom. The summed E-state index contributed by atoms with van der Waals surface area (Å²) in [5.41, 5.74) is 9.93. The highest BCUT2D eigenvalue weighted by molar-refractivity contribution is 5.88. The van der Waals surface area contributed by atoms with Gasteiger partial charge < -0.3 is 15.8 Å². The molecule has 0 aromatic heterocycles. The second-order valence-corrected chi connectivity index (χ2v) is 10.3. The molecule has 5 aromatic carbocycles. The average Bonchev–Trinajstić information content (AvgIpc) is 3.04. The van der Waals surface area contributed by atoms with Crippen molar-refractivity contribution in [3.63, 3.8) is 0 Å². The molecule has 0 fully saturated rings. The Balaban J connectivity index is 1.36. The van der Waals surface area contributed by atoms with E-state index in [0.29, 0.717) is 6.61 Å².